The van der Waals surface area contributed by atoms with Crippen LogP contribution in [0.2, 0.25) is 0 Å². The monoisotopic (exact) mass is 344 g/mol. The number of rotatable bonds is 4. The van der Waals surface area contributed by atoms with E-state index in [1.165, 1.54) is 21.4 Å². The number of phenols is 1. The molecule has 3 heteroatoms. The van der Waals surface area contributed by atoms with Crippen molar-refractivity contribution in [3.05, 3.63) is 52.6 Å². The lowest BCUT2D eigenvalue weighted by molar-refractivity contribution is 0.442. The van der Waals surface area contributed by atoms with Gasteiger partial charge in [0.2, 0.25) is 0 Å². The first-order valence-electron chi connectivity index (χ1n) is 8.22. The summed E-state index contributed by atoms with van der Waals surface area (Å²) >= 11 is 1.93. The Morgan fingerprint density at radius 2 is 1.74 bits per heavy atom. The van der Waals surface area contributed by atoms with Gasteiger partial charge in [0.05, 0.1) is 9.52 Å². The van der Waals surface area contributed by atoms with Crippen molar-refractivity contribution in [2.45, 2.75) is 51.9 Å². The van der Waals surface area contributed by atoms with Crippen molar-refractivity contribution in [1.82, 2.24) is 0 Å². The maximum Gasteiger partial charge on any atom is 0.122 e. The van der Waals surface area contributed by atoms with Gasteiger partial charge in [-0.1, -0.05) is 44.2 Å². The smallest absolute Gasteiger partial charge is 0.122 e. The summed E-state index contributed by atoms with van der Waals surface area (Å²) in [6.45, 7) is 12.9. The first kappa shape index (κ1) is 18.1. The van der Waals surface area contributed by atoms with Gasteiger partial charge < -0.3 is 5.11 Å². The maximum absolute atomic E-state index is 10.3. The molecule has 0 saturated heterocycles. The summed E-state index contributed by atoms with van der Waals surface area (Å²) in [6.07, 6.45) is 0. The molecule has 0 aliphatic carbocycles. The zero-order valence-corrected chi connectivity index (χ0v) is 17.4. The fourth-order valence-corrected chi connectivity index (χ4v) is 6.41. The number of thioether (sulfide) groups is 1. The molecule has 0 spiro atoms. The third-order valence-electron chi connectivity index (χ3n) is 4.44. The van der Waals surface area contributed by atoms with Gasteiger partial charge in [-0.05, 0) is 60.4 Å². The van der Waals surface area contributed by atoms with Gasteiger partial charge in [-0.3, -0.25) is 0 Å². The third kappa shape index (κ3) is 4.42. The highest BCUT2D eigenvalue weighted by molar-refractivity contribution is 8.00. The van der Waals surface area contributed by atoms with E-state index in [1.54, 1.807) is 5.19 Å². The first-order valence-corrected chi connectivity index (χ1v) is 10.9. The van der Waals surface area contributed by atoms with Crippen LogP contribution in [-0.4, -0.2) is 20.0 Å². The Morgan fingerprint density at radius 3 is 2.39 bits per heavy atom. The molecule has 1 nitrogen and oxygen atoms in total. The molecule has 0 radical (unpaired) electrons. The largest absolute Gasteiger partial charge is 0.507 e. The van der Waals surface area contributed by atoms with Gasteiger partial charge >= 0.3 is 0 Å². The normalized spacial score (nSPS) is 12.3. The van der Waals surface area contributed by atoms with Gasteiger partial charge in [0, 0.05) is 10.5 Å². The van der Waals surface area contributed by atoms with Crippen molar-refractivity contribution in [3.8, 4) is 5.75 Å². The first-order chi connectivity index (χ1) is 10.7. The minimum atomic E-state index is -0.274. The molecule has 0 aromatic heterocycles. The van der Waals surface area contributed by atoms with E-state index >= 15 is 0 Å². The summed E-state index contributed by atoms with van der Waals surface area (Å²) in [4.78, 5) is 1.28. The minimum Gasteiger partial charge on any atom is -0.507 e. The van der Waals surface area contributed by atoms with Crippen LogP contribution in [0.4, 0.5) is 0 Å². The summed E-state index contributed by atoms with van der Waals surface area (Å²) in [5, 5.41) is 13.1. The zero-order valence-electron chi connectivity index (χ0n) is 15.2. The molecule has 0 fully saturated rings. The van der Waals surface area contributed by atoms with Crippen molar-refractivity contribution in [1.29, 1.82) is 0 Å². The Hall–Kier alpha value is -1.19. The molecule has 0 aliphatic rings. The van der Waals surface area contributed by atoms with Gasteiger partial charge in [-0.2, -0.15) is 0 Å². The quantitative estimate of drug-likeness (QED) is 0.664. The van der Waals surface area contributed by atoms with Gasteiger partial charge in [0.15, 0.2) is 0 Å². The van der Waals surface area contributed by atoms with Crippen LogP contribution in [0, 0.1) is 20.8 Å². The van der Waals surface area contributed by atoms with Crippen molar-refractivity contribution >= 4 is 26.5 Å². The van der Waals surface area contributed by atoms with Crippen LogP contribution in [0.25, 0.3) is 0 Å². The van der Waals surface area contributed by atoms with Crippen molar-refractivity contribution < 1.29 is 5.11 Å². The Labute approximate surface area is 147 Å². The molecule has 2 rings (SSSR count). The number of phenolic OH excluding ortho intramolecular Hbond substituents is 1. The second-order valence-electron chi connectivity index (χ2n) is 7.34. The van der Waals surface area contributed by atoms with Crippen LogP contribution in [0.15, 0.2) is 35.2 Å². The topological polar surface area (TPSA) is 20.2 Å². The highest BCUT2D eigenvalue weighted by Crippen LogP contribution is 2.36. The van der Waals surface area contributed by atoms with E-state index in [2.05, 4.69) is 65.0 Å². The van der Waals surface area contributed by atoms with Gasteiger partial charge in [-0.15, -0.1) is 11.8 Å². The molecule has 1 N–H and O–H groups in total. The molecule has 23 heavy (non-hydrogen) atoms. The summed E-state index contributed by atoms with van der Waals surface area (Å²) in [5.41, 5.74) is 4.87. The SMILES string of the molecule is Cc1cccc([SiH2]CSc2cc(C)c(O)c(C(C)(C)C)c2)c1C. The standard InChI is InChI=1S/C20H28OSSi/c1-13-8-7-9-18(15(13)3)23-12-22-16-10-14(2)19(21)17(11-16)20(4,5)6/h7-11,21H,12,23H2,1-6H3. The lowest BCUT2D eigenvalue weighted by atomic mass is 9.85. The van der Waals surface area contributed by atoms with E-state index < -0.39 is 0 Å². The van der Waals surface area contributed by atoms with Gasteiger partial charge in [0.1, 0.15) is 5.75 Å². The van der Waals surface area contributed by atoms with Crippen molar-refractivity contribution in [2.24, 2.45) is 0 Å². The lowest BCUT2D eigenvalue weighted by Crippen LogP contribution is -2.20. The molecule has 0 bridgehead atoms. The van der Waals surface area contributed by atoms with Gasteiger partial charge in [0.25, 0.3) is 0 Å². The molecule has 2 aromatic rings. The summed E-state index contributed by atoms with van der Waals surface area (Å²) < 4.78 is 0. The Kier molecular flexibility index (Phi) is 5.64. The van der Waals surface area contributed by atoms with E-state index in [1.807, 2.05) is 18.7 Å². The molecule has 0 unspecified atom stereocenters. The van der Waals surface area contributed by atoms with E-state index in [-0.39, 0.29) is 14.9 Å². The van der Waals surface area contributed by atoms with Crippen LogP contribution in [-0.2, 0) is 5.41 Å². The fraction of sp³-hybridized carbons (Fsp3) is 0.400. The average Bonchev–Trinajstić information content (AvgIpc) is 2.45. The Bertz CT molecular complexity index is 702. The second-order valence-corrected chi connectivity index (χ2v) is 11.0. The number of hydrogen-bond donors (Lipinski definition) is 1. The van der Waals surface area contributed by atoms with Crippen molar-refractivity contribution in [2.75, 3.05) is 5.38 Å². The molecule has 0 heterocycles. The lowest BCUT2D eigenvalue weighted by Gasteiger charge is -2.22. The second kappa shape index (κ2) is 7.14. The zero-order chi connectivity index (χ0) is 17.2. The van der Waals surface area contributed by atoms with Crippen molar-refractivity contribution in [3.63, 3.8) is 0 Å². The molecule has 124 valence electrons. The average molecular weight is 345 g/mol. The highest BCUT2D eigenvalue weighted by Gasteiger charge is 2.20. The number of aryl methyl sites for hydroxylation is 2. The predicted octanol–water partition coefficient (Wildman–Crippen LogP) is 4.16. The maximum atomic E-state index is 10.3. The van der Waals surface area contributed by atoms with E-state index in [0.29, 0.717) is 5.75 Å². The Balaban J connectivity index is 2.12. The molecule has 0 aliphatic heterocycles. The number of hydrogen-bond acceptors (Lipinski definition) is 2. The molecular formula is C20H28OSSi. The summed E-state index contributed by atoms with van der Waals surface area (Å²) in [7, 11) is -0.274. The van der Waals surface area contributed by atoms with Crippen LogP contribution < -0.4 is 5.19 Å². The predicted molar refractivity (Wildman–Crippen MR) is 106 cm³/mol. The molecule has 2 aromatic carbocycles. The molecular weight excluding hydrogens is 316 g/mol. The van der Waals surface area contributed by atoms with E-state index in [9.17, 15) is 5.11 Å². The summed E-state index contributed by atoms with van der Waals surface area (Å²) in [5.74, 6) is 0.452. The van der Waals surface area contributed by atoms with Crippen LogP contribution >= 0.6 is 11.8 Å². The number of aromatic hydroxyl groups is 1. The number of benzene rings is 2. The Morgan fingerprint density at radius 1 is 1.04 bits per heavy atom. The molecule has 0 amide bonds. The van der Waals surface area contributed by atoms with Crippen LogP contribution in [0.5, 0.6) is 5.75 Å². The third-order valence-corrected chi connectivity index (χ3v) is 7.95. The van der Waals surface area contributed by atoms with Crippen LogP contribution in [0.1, 0.15) is 43.0 Å². The molecule has 0 saturated carbocycles. The summed E-state index contributed by atoms with van der Waals surface area (Å²) in [6, 6.07) is 11.0. The van der Waals surface area contributed by atoms with Crippen LogP contribution in [0.3, 0.4) is 0 Å². The van der Waals surface area contributed by atoms with E-state index in [4.69, 9.17) is 0 Å². The molecule has 0 atom stereocenters. The van der Waals surface area contributed by atoms with Gasteiger partial charge in [-0.25, -0.2) is 0 Å². The highest BCUT2D eigenvalue weighted by atomic mass is 32.2. The van der Waals surface area contributed by atoms with E-state index in [0.717, 1.165) is 11.1 Å². The fourth-order valence-electron chi connectivity index (χ4n) is 2.76. The minimum absolute atomic E-state index is 0.0318.